The van der Waals surface area contributed by atoms with E-state index in [0.717, 1.165) is 12.2 Å². The number of imidazole rings is 1. The third-order valence-electron chi connectivity index (χ3n) is 4.35. The summed E-state index contributed by atoms with van der Waals surface area (Å²) in [6.45, 7) is 2.02. The molecule has 1 fully saturated rings. The van der Waals surface area contributed by atoms with Crippen molar-refractivity contribution in [1.29, 1.82) is 0 Å². The van der Waals surface area contributed by atoms with Crippen molar-refractivity contribution in [2.75, 3.05) is 18.6 Å². The lowest BCUT2D eigenvalue weighted by Gasteiger charge is -2.23. The van der Waals surface area contributed by atoms with Crippen LogP contribution in [0.25, 0.3) is 5.82 Å². The van der Waals surface area contributed by atoms with Gasteiger partial charge in [-0.25, -0.2) is 18.4 Å². The first-order valence-corrected chi connectivity index (χ1v) is 9.69. The van der Waals surface area contributed by atoms with E-state index in [-0.39, 0.29) is 23.5 Å². The van der Waals surface area contributed by atoms with Crippen LogP contribution in [0.1, 0.15) is 29.5 Å². The number of rotatable bonds is 4. The van der Waals surface area contributed by atoms with E-state index < -0.39 is 9.84 Å². The van der Waals surface area contributed by atoms with Gasteiger partial charge in [-0.2, -0.15) is 0 Å². The van der Waals surface area contributed by atoms with Gasteiger partial charge in [0.25, 0.3) is 5.91 Å². The van der Waals surface area contributed by atoms with Crippen molar-refractivity contribution in [1.82, 2.24) is 19.4 Å². The van der Waals surface area contributed by atoms with Gasteiger partial charge in [0.2, 0.25) is 0 Å². The van der Waals surface area contributed by atoms with Crippen LogP contribution in [0.4, 0.5) is 0 Å². The Morgan fingerprint density at radius 3 is 2.75 bits per heavy atom. The molecule has 8 heteroatoms. The van der Waals surface area contributed by atoms with Crippen LogP contribution in [-0.4, -0.2) is 58.4 Å². The van der Waals surface area contributed by atoms with Crippen molar-refractivity contribution in [3.05, 3.63) is 42.1 Å². The lowest BCUT2D eigenvalue weighted by molar-refractivity contribution is 0.0747. The van der Waals surface area contributed by atoms with Crippen LogP contribution in [0.5, 0.6) is 0 Å². The molecule has 3 heterocycles. The lowest BCUT2D eigenvalue weighted by atomic mass is 10.2. The minimum Gasteiger partial charge on any atom is -0.338 e. The van der Waals surface area contributed by atoms with E-state index in [2.05, 4.69) is 9.97 Å². The van der Waals surface area contributed by atoms with E-state index in [4.69, 9.17) is 0 Å². The number of nitrogens with zero attached hydrogens (tertiary/aromatic N) is 4. The van der Waals surface area contributed by atoms with Gasteiger partial charge in [0, 0.05) is 38.1 Å². The van der Waals surface area contributed by atoms with Crippen molar-refractivity contribution < 1.29 is 13.2 Å². The highest BCUT2D eigenvalue weighted by molar-refractivity contribution is 7.91. The van der Waals surface area contributed by atoms with Crippen molar-refractivity contribution in [3.63, 3.8) is 0 Å². The Morgan fingerprint density at radius 1 is 1.38 bits per heavy atom. The average molecular weight is 348 g/mol. The second-order valence-corrected chi connectivity index (χ2v) is 8.17. The fraction of sp³-hybridized carbons (Fsp3) is 0.438. The predicted octanol–water partition coefficient (Wildman–Crippen LogP) is 1.09. The quantitative estimate of drug-likeness (QED) is 0.826. The van der Waals surface area contributed by atoms with E-state index in [9.17, 15) is 13.2 Å². The van der Waals surface area contributed by atoms with Gasteiger partial charge >= 0.3 is 0 Å². The molecule has 7 nitrogen and oxygen atoms in total. The summed E-state index contributed by atoms with van der Waals surface area (Å²) >= 11 is 0. The molecule has 2 aromatic heterocycles. The average Bonchev–Trinajstić information content (AvgIpc) is 3.19. The first-order valence-electron chi connectivity index (χ1n) is 7.87. The molecule has 1 aliphatic rings. The molecule has 0 saturated carbocycles. The number of amides is 1. The number of sulfone groups is 1. The molecule has 128 valence electrons. The van der Waals surface area contributed by atoms with Crippen LogP contribution in [0.15, 0.2) is 30.7 Å². The Bertz CT molecular complexity index is 842. The Hall–Kier alpha value is -2.22. The second kappa shape index (κ2) is 6.35. The van der Waals surface area contributed by atoms with Crippen LogP contribution in [-0.2, 0) is 16.3 Å². The molecule has 24 heavy (non-hydrogen) atoms. The topological polar surface area (TPSA) is 85.2 Å². The summed E-state index contributed by atoms with van der Waals surface area (Å²) in [5.74, 6) is 1.57. The maximum Gasteiger partial charge on any atom is 0.255 e. The Morgan fingerprint density at radius 2 is 2.17 bits per heavy atom. The summed E-state index contributed by atoms with van der Waals surface area (Å²) in [6.07, 6.45) is 6.35. The molecule has 1 aliphatic heterocycles. The molecule has 1 atom stereocenters. The molecule has 1 unspecified atom stereocenters. The van der Waals surface area contributed by atoms with Crippen LogP contribution in [0, 0.1) is 0 Å². The zero-order chi connectivity index (χ0) is 17.3. The number of aromatic nitrogens is 3. The van der Waals surface area contributed by atoms with E-state index >= 15 is 0 Å². The van der Waals surface area contributed by atoms with Crippen molar-refractivity contribution >= 4 is 15.7 Å². The monoisotopic (exact) mass is 348 g/mol. The molecule has 1 amide bonds. The molecule has 3 rings (SSSR count). The number of aryl methyl sites for hydroxylation is 1. The van der Waals surface area contributed by atoms with E-state index in [1.807, 2.05) is 17.7 Å². The Balaban J connectivity index is 1.77. The molecule has 2 aromatic rings. The fourth-order valence-electron chi connectivity index (χ4n) is 2.91. The van der Waals surface area contributed by atoms with Crippen molar-refractivity contribution in [3.8, 4) is 5.82 Å². The highest BCUT2D eigenvalue weighted by Gasteiger charge is 2.33. The molecule has 0 spiro atoms. The molecule has 0 N–H and O–H groups in total. The maximum atomic E-state index is 12.5. The van der Waals surface area contributed by atoms with Gasteiger partial charge < -0.3 is 4.90 Å². The first-order chi connectivity index (χ1) is 11.4. The van der Waals surface area contributed by atoms with Crippen LogP contribution >= 0.6 is 0 Å². The summed E-state index contributed by atoms with van der Waals surface area (Å²) in [7, 11) is -1.37. The largest absolute Gasteiger partial charge is 0.338 e. The summed E-state index contributed by atoms with van der Waals surface area (Å²) in [5.41, 5.74) is 0.448. The van der Waals surface area contributed by atoms with E-state index in [0.29, 0.717) is 17.8 Å². The van der Waals surface area contributed by atoms with Gasteiger partial charge in [0.05, 0.1) is 17.1 Å². The highest BCUT2D eigenvalue weighted by atomic mass is 32.2. The third-order valence-corrected chi connectivity index (χ3v) is 6.10. The minimum absolute atomic E-state index is 0.0373. The van der Waals surface area contributed by atoms with Crippen LogP contribution in [0.3, 0.4) is 0 Å². The normalized spacial score (nSPS) is 19.3. The van der Waals surface area contributed by atoms with Gasteiger partial charge in [-0.15, -0.1) is 0 Å². The van der Waals surface area contributed by atoms with Gasteiger partial charge in [0.1, 0.15) is 11.6 Å². The molecule has 1 saturated heterocycles. The molecule has 0 aliphatic carbocycles. The third kappa shape index (κ3) is 3.19. The SMILES string of the molecule is CCc1nccn1-c1ccc(C(=O)N(C)C2CCS(=O)(=O)C2)cn1. The van der Waals surface area contributed by atoms with Gasteiger partial charge in [-0.1, -0.05) is 6.92 Å². The lowest BCUT2D eigenvalue weighted by Crippen LogP contribution is -2.37. The Labute approximate surface area is 141 Å². The number of hydrogen-bond acceptors (Lipinski definition) is 5. The second-order valence-electron chi connectivity index (χ2n) is 5.95. The van der Waals surface area contributed by atoms with Crippen molar-refractivity contribution in [2.24, 2.45) is 0 Å². The van der Waals surface area contributed by atoms with Crippen molar-refractivity contribution in [2.45, 2.75) is 25.8 Å². The minimum atomic E-state index is -3.02. The molecular weight excluding hydrogens is 328 g/mol. The summed E-state index contributed by atoms with van der Waals surface area (Å²) < 4.78 is 25.0. The van der Waals surface area contributed by atoms with Gasteiger partial charge in [-0.3, -0.25) is 9.36 Å². The predicted molar refractivity (Wildman–Crippen MR) is 89.9 cm³/mol. The van der Waals surface area contributed by atoms with Gasteiger partial charge in [-0.05, 0) is 18.6 Å². The molecular formula is C16H20N4O3S. The number of carbonyl (C=O) groups is 1. The molecule has 0 bridgehead atoms. The number of carbonyl (C=O) groups excluding carboxylic acids is 1. The maximum absolute atomic E-state index is 12.5. The summed E-state index contributed by atoms with van der Waals surface area (Å²) in [5, 5.41) is 0. The molecule has 0 radical (unpaired) electrons. The van der Waals surface area contributed by atoms with Crippen LogP contribution < -0.4 is 0 Å². The van der Waals surface area contributed by atoms with E-state index in [1.165, 1.54) is 11.1 Å². The Kier molecular flexibility index (Phi) is 4.40. The zero-order valence-electron chi connectivity index (χ0n) is 13.7. The standard InChI is InChI=1S/C16H20N4O3S/c1-3-14-17-7-8-20(14)15-5-4-12(10-18-15)16(21)19(2)13-6-9-24(22,23)11-13/h4-5,7-8,10,13H,3,6,9,11H2,1-2H3. The first kappa shape index (κ1) is 16.6. The number of pyridine rings is 1. The number of hydrogen-bond donors (Lipinski definition) is 0. The smallest absolute Gasteiger partial charge is 0.255 e. The fourth-order valence-corrected chi connectivity index (χ4v) is 4.68. The highest BCUT2D eigenvalue weighted by Crippen LogP contribution is 2.19. The summed E-state index contributed by atoms with van der Waals surface area (Å²) in [6, 6.07) is 3.22. The summed E-state index contributed by atoms with van der Waals surface area (Å²) in [4.78, 5) is 22.6. The molecule has 0 aromatic carbocycles. The van der Waals surface area contributed by atoms with Crippen LogP contribution in [0.2, 0.25) is 0 Å². The van der Waals surface area contributed by atoms with Gasteiger partial charge in [0.15, 0.2) is 9.84 Å². The zero-order valence-corrected chi connectivity index (χ0v) is 14.5. The van der Waals surface area contributed by atoms with E-state index in [1.54, 1.807) is 25.4 Å².